The van der Waals surface area contributed by atoms with Crippen molar-refractivity contribution in [1.29, 1.82) is 0 Å². The molecule has 3 heterocycles. The van der Waals surface area contributed by atoms with Crippen molar-refractivity contribution in [3.05, 3.63) is 36.0 Å². The lowest BCUT2D eigenvalue weighted by atomic mass is 9.85. The molecule has 2 bridgehead atoms. The quantitative estimate of drug-likeness (QED) is 0.760. The van der Waals surface area contributed by atoms with Gasteiger partial charge < -0.3 is 20.5 Å². The second-order valence-electron chi connectivity index (χ2n) is 9.19. The summed E-state index contributed by atoms with van der Waals surface area (Å²) in [6.07, 6.45) is 1.06. The van der Waals surface area contributed by atoms with Crippen LogP contribution in [0.3, 0.4) is 0 Å². The van der Waals surface area contributed by atoms with E-state index in [-0.39, 0.29) is 23.3 Å². The van der Waals surface area contributed by atoms with Crippen molar-refractivity contribution < 1.29 is 9.59 Å². The average Bonchev–Trinajstić information content (AvgIpc) is 3.35. The highest BCUT2D eigenvalue weighted by Gasteiger charge is 2.50. The highest BCUT2D eigenvalue weighted by Crippen LogP contribution is 2.34. The summed E-state index contributed by atoms with van der Waals surface area (Å²) >= 11 is 0. The maximum atomic E-state index is 13.5. The molecule has 3 N–H and O–H groups in total. The molecular formula is C22H30N4O2. The molecule has 4 atom stereocenters. The van der Waals surface area contributed by atoms with Crippen LogP contribution in [0, 0.1) is 11.3 Å². The molecule has 4 rings (SSSR count). The van der Waals surface area contributed by atoms with Crippen LogP contribution in [0.15, 0.2) is 30.3 Å². The number of aromatic nitrogens is 1. The molecule has 4 unspecified atom stereocenters. The molecule has 0 radical (unpaired) electrons. The Kier molecular flexibility index (Phi) is 4.70. The van der Waals surface area contributed by atoms with E-state index in [2.05, 4.69) is 22.5 Å². The third kappa shape index (κ3) is 3.20. The van der Waals surface area contributed by atoms with Gasteiger partial charge in [-0.1, -0.05) is 45.9 Å². The van der Waals surface area contributed by atoms with E-state index in [1.54, 1.807) is 0 Å². The van der Waals surface area contributed by atoms with Crippen molar-refractivity contribution in [3.8, 4) is 0 Å². The van der Waals surface area contributed by atoms with Gasteiger partial charge in [0.05, 0.1) is 0 Å². The third-order valence-corrected chi connectivity index (χ3v) is 6.31. The van der Waals surface area contributed by atoms with Gasteiger partial charge in [0.15, 0.2) is 0 Å². The first-order valence-corrected chi connectivity index (χ1v) is 10.2. The van der Waals surface area contributed by atoms with Gasteiger partial charge in [0, 0.05) is 36.1 Å². The SMILES string of the molecule is CCC1C2CN(C(=O)C(NC(=O)c3cc4ccccc4[nH]3)C(C)(C)C)C1CN2. The number of rotatable bonds is 4. The molecule has 2 aromatic rings. The molecule has 150 valence electrons. The van der Waals surface area contributed by atoms with E-state index >= 15 is 0 Å². The second-order valence-corrected chi connectivity index (χ2v) is 9.19. The summed E-state index contributed by atoms with van der Waals surface area (Å²) in [5, 5.41) is 7.52. The van der Waals surface area contributed by atoms with Gasteiger partial charge in [-0.05, 0) is 29.9 Å². The Morgan fingerprint density at radius 1 is 1.29 bits per heavy atom. The van der Waals surface area contributed by atoms with Crippen molar-refractivity contribution in [2.24, 2.45) is 11.3 Å². The Hall–Kier alpha value is -2.34. The minimum Gasteiger partial charge on any atom is -0.351 e. The second kappa shape index (κ2) is 6.92. The smallest absolute Gasteiger partial charge is 0.268 e. The summed E-state index contributed by atoms with van der Waals surface area (Å²) in [4.78, 5) is 31.6. The van der Waals surface area contributed by atoms with Crippen LogP contribution in [0.25, 0.3) is 10.9 Å². The van der Waals surface area contributed by atoms with Crippen LogP contribution >= 0.6 is 0 Å². The van der Waals surface area contributed by atoms with Crippen molar-refractivity contribution in [2.75, 3.05) is 13.1 Å². The zero-order valence-electron chi connectivity index (χ0n) is 17.1. The lowest BCUT2D eigenvalue weighted by molar-refractivity contribution is -0.137. The van der Waals surface area contributed by atoms with Crippen LogP contribution in [0.1, 0.15) is 44.6 Å². The molecule has 2 aliphatic rings. The largest absolute Gasteiger partial charge is 0.351 e. The van der Waals surface area contributed by atoms with E-state index in [0.717, 1.165) is 30.4 Å². The first-order valence-electron chi connectivity index (χ1n) is 10.2. The number of amides is 2. The number of hydrogen-bond acceptors (Lipinski definition) is 3. The van der Waals surface area contributed by atoms with Gasteiger partial charge in [0.2, 0.25) is 5.91 Å². The summed E-state index contributed by atoms with van der Waals surface area (Å²) in [5.41, 5.74) is 1.02. The number of nitrogens with zero attached hydrogens (tertiary/aromatic N) is 1. The number of piperazine rings is 1. The van der Waals surface area contributed by atoms with E-state index in [1.807, 2.05) is 56.0 Å². The molecule has 2 amide bonds. The van der Waals surface area contributed by atoms with Crippen LogP contribution in [-0.4, -0.2) is 52.9 Å². The number of para-hydroxylation sites is 1. The fraction of sp³-hybridized carbons (Fsp3) is 0.545. The van der Waals surface area contributed by atoms with E-state index in [1.165, 1.54) is 0 Å². The van der Waals surface area contributed by atoms with E-state index in [0.29, 0.717) is 17.7 Å². The molecule has 0 saturated carbocycles. The Bertz CT molecular complexity index is 864. The van der Waals surface area contributed by atoms with Crippen molar-refractivity contribution in [1.82, 2.24) is 20.5 Å². The highest BCUT2D eigenvalue weighted by molar-refractivity contribution is 6.00. The van der Waals surface area contributed by atoms with Gasteiger partial charge in [0.25, 0.3) is 5.91 Å². The molecule has 6 heteroatoms. The average molecular weight is 383 g/mol. The Morgan fingerprint density at radius 3 is 2.68 bits per heavy atom. The molecule has 0 spiro atoms. The first kappa shape index (κ1) is 19.0. The van der Waals surface area contributed by atoms with Crippen molar-refractivity contribution in [2.45, 2.75) is 52.2 Å². The molecule has 2 aliphatic heterocycles. The van der Waals surface area contributed by atoms with Crippen LogP contribution < -0.4 is 10.6 Å². The van der Waals surface area contributed by atoms with Crippen LogP contribution in [-0.2, 0) is 4.79 Å². The number of H-pyrrole nitrogens is 1. The standard InChI is InChI=1S/C22H30N4O2/c1-5-14-17-12-26(18(14)11-23-17)21(28)19(22(2,3)4)25-20(27)16-10-13-8-6-7-9-15(13)24-16/h6-10,14,17-19,23-24H,5,11-12H2,1-4H3,(H,25,27). The number of carbonyl (C=O) groups excluding carboxylic acids is 2. The molecule has 2 saturated heterocycles. The summed E-state index contributed by atoms with van der Waals surface area (Å²) in [6, 6.07) is 9.67. The Morgan fingerprint density at radius 2 is 2.04 bits per heavy atom. The van der Waals surface area contributed by atoms with Gasteiger partial charge in [0.1, 0.15) is 11.7 Å². The topological polar surface area (TPSA) is 77.2 Å². The van der Waals surface area contributed by atoms with Crippen molar-refractivity contribution >= 4 is 22.7 Å². The number of nitrogens with one attached hydrogen (secondary N) is 3. The summed E-state index contributed by atoms with van der Waals surface area (Å²) in [5.74, 6) is 0.303. The number of likely N-dealkylation sites (tertiary alicyclic amines) is 1. The Labute approximate surface area is 166 Å². The zero-order chi connectivity index (χ0) is 20.1. The number of fused-ring (bicyclic) bond motifs is 3. The minimum absolute atomic E-state index is 0.0319. The van der Waals surface area contributed by atoms with Gasteiger partial charge in [-0.15, -0.1) is 0 Å². The number of hydrogen-bond donors (Lipinski definition) is 3. The first-order chi connectivity index (χ1) is 13.3. The maximum Gasteiger partial charge on any atom is 0.268 e. The highest BCUT2D eigenvalue weighted by atomic mass is 16.2. The van der Waals surface area contributed by atoms with E-state index < -0.39 is 6.04 Å². The van der Waals surface area contributed by atoms with E-state index in [9.17, 15) is 9.59 Å². The van der Waals surface area contributed by atoms with Gasteiger partial charge in [-0.25, -0.2) is 0 Å². The minimum atomic E-state index is -0.566. The van der Waals surface area contributed by atoms with Gasteiger partial charge >= 0.3 is 0 Å². The van der Waals surface area contributed by atoms with Crippen LogP contribution in [0.5, 0.6) is 0 Å². The number of aromatic amines is 1. The summed E-state index contributed by atoms with van der Waals surface area (Å²) < 4.78 is 0. The normalized spacial score (nSPS) is 25.3. The molecule has 0 aliphatic carbocycles. The van der Waals surface area contributed by atoms with Crippen LogP contribution in [0.4, 0.5) is 0 Å². The predicted molar refractivity (Wildman–Crippen MR) is 110 cm³/mol. The fourth-order valence-corrected chi connectivity index (χ4v) is 4.76. The lowest BCUT2D eigenvalue weighted by Crippen LogP contribution is -2.58. The molecule has 28 heavy (non-hydrogen) atoms. The predicted octanol–water partition coefficient (Wildman–Crippen LogP) is 2.52. The lowest BCUT2D eigenvalue weighted by Gasteiger charge is -2.37. The fourth-order valence-electron chi connectivity index (χ4n) is 4.76. The molecule has 1 aromatic heterocycles. The monoisotopic (exact) mass is 382 g/mol. The molecule has 6 nitrogen and oxygen atoms in total. The number of benzene rings is 1. The zero-order valence-corrected chi connectivity index (χ0v) is 17.1. The van der Waals surface area contributed by atoms with Crippen molar-refractivity contribution in [3.63, 3.8) is 0 Å². The van der Waals surface area contributed by atoms with E-state index in [4.69, 9.17) is 0 Å². The molecule has 1 aromatic carbocycles. The van der Waals surface area contributed by atoms with Gasteiger partial charge in [-0.3, -0.25) is 9.59 Å². The summed E-state index contributed by atoms with van der Waals surface area (Å²) in [7, 11) is 0. The van der Waals surface area contributed by atoms with Crippen LogP contribution in [0.2, 0.25) is 0 Å². The summed E-state index contributed by atoms with van der Waals surface area (Å²) in [6.45, 7) is 9.78. The Balaban J connectivity index is 1.55. The number of carbonyl (C=O) groups is 2. The van der Waals surface area contributed by atoms with Gasteiger partial charge in [-0.2, -0.15) is 0 Å². The third-order valence-electron chi connectivity index (χ3n) is 6.31. The molecule has 2 fully saturated rings. The maximum absolute atomic E-state index is 13.5. The molecular weight excluding hydrogens is 352 g/mol.